The van der Waals surface area contributed by atoms with Crippen LogP contribution in [-0.2, 0) is 0 Å². The number of hydrogen-bond acceptors (Lipinski definition) is 4. The van der Waals surface area contributed by atoms with Crippen LogP contribution in [0.1, 0.15) is 29.8 Å². The number of nitrogens with two attached hydrogens (primary N) is 1. The van der Waals surface area contributed by atoms with Crippen LogP contribution in [0.4, 0.5) is 5.88 Å². The first kappa shape index (κ1) is 12.7. The summed E-state index contributed by atoms with van der Waals surface area (Å²) in [4.78, 5) is 17.9. The first-order chi connectivity index (χ1) is 9.75. The Bertz CT molecular complexity index is 601. The molecule has 1 amide bonds. The zero-order valence-corrected chi connectivity index (χ0v) is 11.2. The van der Waals surface area contributed by atoms with Crippen LogP contribution >= 0.6 is 0 Å². The molecule has 5 heteroatoms. The van der Waals surface area contributed by atoms with Gasteiger partial charge >= 0.3 is 0 Å². The van der Waals surface area contributed by atoms with Gasteiger partial charge in [0.25, 0.3) is 5.91 Å². The largest absolute Gasteiger partial charge is 0.420 e. The van der Waals surface area contributed by atoms with Gasteiger partial charge in [-0.25, -0.2) is 4.98 Å². The van der Waals surface area contributed by atoms with E-state index in [-0.39, 0.29) is 5.69 Å². The molecule has 2 heterocycles. The zero-order valence-electron chi connectivity index (χ0n) is 11.2. The predicted octanol–water partition coefficient (Wildman–Crippen LogP) is 2.43. The quantitative estimate of drug-likeness (QED) is 0.930. The van der Waals surface area contributed by atoms with E-state index >= 15 is 0 Å². The highest BCUT2D eigenvalue weighted by Crippen LogP contribution is 2.29. The van der Waals surface area contributed by atoms with Crippen molar-refractivity contribution in [2.75, 3.05) is 18.0 Å². The first-order valence-corrected chi connectivity index (χ1v) is 6.87. The van der Waals surface area contributed by atoms with E-state index in [9.17, 15) is 4.79 Å². The number of benzene rings is 1. The number of carbonyl (C=O) groups excluding carboxylic acids is 1. The summed E-state index contributed by atoms with van der Waals surface area (Å²) in [5, 5.41) is 0. The number of oxazole rings is 1. The summed E-state index contributed by atoms with van der Waals surface area (Å²) in [6.07, 6.45) is 3.40. The van der Waals surface area contributed by atoms with E-state index in [0.29, 0.717) is 11.8 Å². The number of primary amides is 1. The molecule has 5 nitrogen and oxygen atoms in total. The lowest BCUT2D eigenvalue weighted by Gasteiger charge is -2.26. The minimum Gasteiger partial charge on any atom is -0.420 e. The molecular formula is C15H17N3O2. The lowest BCUT2D eigenvalue weighted by Crippen LogP contribution is -2.31. The molecule has 1 fully saturated rings. The number of amides is 1. The SMILES string of the molecule is NC(=O)c1nc(-c2ccccc2)oc1N1CCCCC1. The van der Waals surface area contributed by atoms with Gasteiger partial charge in [-0.2, -0.15) is 0 Å². The summed E-state index contributed by atoms with van der Waals surface area (Å²) in [5.74, 6) is 0.410. The molecule has 0 radical (unpaired) electrons. The van der Waals surface area contributed by atoms with Gasteiger partial charge in [0, 0.05) is 18.7 Å². The van der Waals surface area contributed by atoms with E-state index < -0.39 is 5.91 Å². The Balaban J connectivity index is 2.00. The molecule has 0 aliphatic carbocycles. The second-order valence-corrected chi connectivity index (χ2v) is 4.95. The van der Waals surface area contributed by atoms with Crippen LogP contribution in [0.5, 0.6) is 0 Å². The maximum atomic E-state index is 11.6. The summed E-state index contributed by atoms with van der Waals surface area (Å²) < 4.78 is 5.82. The Hall–Kier alpha value is -2.30. The average molecular weight is 271 g/mol. The summed E-state index contributed by atoms with van der Waals surface area (Å²) in [7, 11) is 0. The third kappa shape index (κ3) is 2.39. The molecule has 1 aromatic carbocycles. The number of carbonyl (C=O) groups is 1. The molecule has 0 spiro atoms. The van der Waals surface area contributed by atoms with Crippen molar-refractivity contribution in [3.8, 4) is 11.5 Å². The maximum Gasteiger partial charge on any atom is 0.273 e. The van der Waals surface area contributed by atoms with Crippen molar-refractivity contribution >= 4 is 11.8 Å². The smallest absolute Gasteiger partial charge is 0.273 e. The van der Waals surface area contributed by atoms with E-state index in [4.69, 9.17) is 10.2 Å². The van der Waals surface area contributed by atoms with Gasteiger partial charge in [-0.1, -0.05) is 18.2 Å². The minimum absolute atomic E-state index is 0.228. The monoisotopic (exact) mass is 271 g/mol. The van der Waals surface area contributed by atoms with Gasteiger partial charge in [-0.15, -0.1) is 0 Å². The fraction of sp³-hybridized carbons (Fsp3) is 0.333. The Labute approximate surface area is 117 Å². The number of nitrogens with zero attached hydrogens (tertiary/aromatic N) is 2. The molecule has 3 rings (SSSR count). The fourth-order valence-electron chi connectivity index (χ4n) is 2.49. The highest BCUT2D eigenvalue weighted by Gasteiger charge is 2.24. The van der Waals surface area contributed by atoms with Crippen LogP contribution in [0.2, 0.25) is 0 Å². The molecule has 0 saturated carbocycles. The van der Waals surface area contributed by atoms with E-state index in [0.717, 1.165) is 31.5 Å². The van der Waals surface area contributed by atoms with Gasteiger partial charge in [-0.3, -0.25) is 4.79 Å². The van der Waals surface area contributed by atoms with Gasteiger partial charge in [0.1, 0.15) is 0 Å². The molecule has 104 valence electrons. The number of piperidine rings is 1. The summed E-state index contributed by atoms with van der Waals surface area (Å²) >= 11 is 0. The van der Waals surface area contributed by atoms with Crippen LogP contribution < -0.4 is 10.6 Å². The van der Waals surface area contributed by atoms with Crippen LogP contribution in [0.3, 0.4) is 0 Å². The van der Waals surface area contributed by atoms with Crippen LogP contribution in [0.15, 0.2) is 34.7 Å². The lowest BCUT2D eigenvalue weighted by molar-refractivity contribution is 0.0996. The van der Waals surface area contributed by atoms with E-state index in [2.05, 4.69) is 9.88 Å². The van der Waals surface area contributed by atoms with Crippen LogP contribution in [-0.4, -0.2) is 24.0 Å². The van der Waals surface area contributed by atoms with Crippen LogP contribution in [0.25, 0.3) is 11.5 Å². The van der Waals surface area contributed by atoms with Gasteiger partial charge in [0.05, 0.1) is 0 Å². The molecule has 1 aliphatic heterocycles. The molecule has 0 atom stereocenters. The third-order valence-corrected chi connectivity index (χ3v) is 3.51. The molecule has 0 bridgehead atoms. The predicted molar refractivity (Wildman–Crippen MR) is 76.5 cm³/mol. The fourth-order valence-corrected chi connectivity index (χ4v) is 2.49. The van der Waals surface area contributed by atoms with Crippen LogP contribution in [0, 0.1) is 0 Å². The van der Waals surface area contributed by atoms with Gasteiger partial charge in [0.15, 0.2) is 5.69 Å². The van der Waals surface area contributed by atoms with Gasteiger partial charge < -0.3 is 15.1 Å². The second kappa shape index (κ2) is 5.36. The summed E-state index contributed by atoms with van der Waals surface area (Å²) in [6, 6.07) is 9.54. The molecule has 0 unspecified atom stereocenters. The summed E-state index contributed by atoms with van der Waals surface area (Å²) in [5.41, 5.74) is 6.50. The van der Waals surface area contributed by atoms with Gasteiger partial charge in [0.2, 0.25) is 11.8 Å². The van der Waals surface area contributed by atoms with E-state index in [1.54, 1.807) is 0 Å². The Kier molecular flexibility index (Phi) is 3.41. The van der Waals surface area contributed by atoms with E-state index in [1.807, 2.05) is 30.3 Å². The van der Waals surface area contributed by atoms with Crippen molar-refractivity contribution in [1.29, 1.82) is 0 Å². The lowest BCUT2D eigenvalue weighted by atomic mass is 10.1. The normalized spacial score (nSPS) is 15.3. The van der Waals surface area contributed by atoms with Gasteiger partial charge in [-0.05, 0) is 31.4 Å². The Morgan fingerprint density at radius 2 is 1.85 bits per heavy atom. The molecular weight excluding hydrogens is 254 g/mol. The zero-order chi connectivity index (χ0) is 13.9. The van der Waals surface area contributed by atoms with Crippen molar-refractivity contribution in [2.45, 2.75) is 19.3 Å². The molecule has 1 saturated heterocycles. The average Bonchev–Trinajstić information content (AvgIpc) is 2.94. The Morgan fingerprint density at radius 3 is 2.50 bits per heavy atom. The highest BCUT2D eigenvalue weighted by molar-refractivity contribution is 5.96. The summed E-state index contributed by atoms with van der Waals surface area (Å²) in [6.45, 7) is 1.76. The third-order valence-electron chi connectivity index (χ3n) is 3.51. The number of hydrogen-bond donors (Lipinski definition) is 1. The number of aromatic nitrogens is 1. The van der Waals surface area contributed by atoms with E-state index in [1.165, 1.54) is 6.42 Å². The van der Waals surface area contributed by atoms with Crippen molar-refractivity contribution < 1.29 is 9.21 Å². The van der Waals surface area contributed by atoms with Crippen molar-refractivity contribution in [1.82, 2.24) is 4.98 Å². The molecule has 20 heavy (non-hydrogen) atoms. The molecule has 2 N–H and O–H groups in total. The van der Waals surface area contributed by atoms with Crippen molar-refractivity contribution in [3.05, 3.63) is 36.0 Å². The Morgan fingerprint density at radius 1 is 1.15 bits per heavy atom. The minimum atomic E-state index is -0.545. The van der Waals surface area contributed by atoms with Crippen molar-refractivity contribution in [3.63, 3.8) is 0 Å². The molecule has 1 aliphatic rings. The second-order valence-electron chi connectivity index (χ2n) is 4.95. The molecule has 1 aromatic heterocycles. The molecule has 2 aromatic rings. The number of anilines is 1. The highest BCUT2D eigenvalue weighted by atomic mass is 16.4. The topological polar surface area (TPSA) is 72.4 Å². The van der Waals surface area contributed by atoms with Crippen molar-refractivity contribution in [2.24, 2.45) is 5.73 Å². The first-order valence-electron chi connectivity index (χ1n) is 6.87. The maximum absolute atomic E-state index is 11.6. The standard InChI is InChI=1S/C15H17N3O2/c16-13(19)12-15(18-9-5-2-6-10-18)20-14(17-12)11-7-3-1-4-8-11/h1,3-4,7-8H,2,5-6,9-10H2,(H2,16,19). The number of rotatable bonds is 3.